The number of hydrogen-bond acceptors (Lipinski definition) is 5. The van der Waals surface area contributed by atoms with Gasteiger partial charge in [0.1, 0.15) is 18.7 Å². The summed E-state index contributed by atoms with van der Waals surface area (Å²) in [6, 6.07) is 7.67. The van der Waals surface area contributed by atoms with Gasteiger partial charge in [-0.3, -0.25) is 9.43 Å². The number of hydrogen-bond donors (Lipinski definition) is 1. The molecule has 2 rings (SSSR count). The lowest BCUT2D eigenvalue weighted by molar-refractivity contribution is 0.279. The molecule has 0 amide bonds. The van der Waals surface area contributed by atoms with Gasteiger partial charge >= 0.3 is 0 Å². The van der Waals surface area contributed by atoms with Crippen molar-refractivity contribution in [3.8, 4) is 0 Å². The Morgan fingerprint density at radius 1 is 1.50 bits per heavy atom. The lowest BCUT2D eigenvalue weighted by Crippen LogP contribution is -2.35. The van der Waals surface area contributed by atoms with Crippen molar-refractivity contribution in [1.29, 1.82) is 0 Å². The van der Waals surface area contributed by atoms with Crippen LogP contribution in [0.2, 0.25) is 0 Å². The first-order chi connectivity index (χ1) is 9.17. The van der Waals surface area contributed by atoms with Gasteiger partial charge < -0.3 is 5.21 Å². The van der Waals surface area contributed by atoms with E-state index < -0.39 is 5.50 Å². The second-order valence-corrected chi connectivity index (χ2v) is 4.89. The number of nitrogens with zero attached hydrogens (tertiary/aromatic N) is 4. The van der Waals surface area contributed by atoms with Crippen LogP contribution in [0.25, 0.3) is 0 Å². The van der Waals surface area contributed by atoms with Crippen LogP contribution in [0.1, 0.15) is 18.1 Å². The summed E-state index contributed by atoms with van der Waals surface area (Å²) in [6.45, 7) is 2.37. The van der Waals surface area contributed by atoms with Crippen LogP contribution in [0.4, 0.5) is 0 Å². The number of benzene rings is 1. The molecule has 1 atom stereocenters. The molecule has 1 heterocycles. The van der Waals surface area contributed by atoms with Gasteiger partial charge in [0.15, 0.2) is 5.50 Å². The average molecular weight is 338 g/mol. The minimum atomic E-state index is -0.683. The van der Waals surface area contributed by atoms with E-state index in [9.17, 15) is 5.21 Å². The van der Waals surface area contributed by atoms with Crippen LogP contribution in [0, 0.1) is 0 Å². The number of rotatable bonds is 4. The maximum absolute atomic E-state index is 9.27. The highest BCUT2D eigenvalue weighted by molar-refractivity contribution is 6.35. The highest BCUT2D eigenvalue weighted by Crippen LogP contribution is 2.20. The van der Waals surface area contributed by atoms with E-state index in [1.165, 1.54) is 15.8 Å². The van der Waals surface area contributed by atoms with E-state index in [4.69, 9.17) is 23.4 Å². The molecule has 0 saturated heterocycles. The van der Waals surface area contributed by atoms with Gasteiger partial charge in [-0.05, 0) is 12.0 Å². The van der Waals surface area contributed by atoms with E-state index in [2.05, 4.69) is 10.3 Å². The van der Waals surface area contributed by atoms with Gasteiger partial charge in [0, 0.05) is 17.3 Å². The zero-order chi connectivity index (χ0) is 13.8. The predicted octanol–water partition coefficient (Wildman–Crippen LogP) is 3.09. The van der Waals surface area contributed by atoms with Crippen molar-refractivity contribution in [1.82, 2.24) is 9.43 Å². The van der Waals surface area contributed by atoms with Gasteiger partial charge in [0.2, 0.25) is 0 Å². The highest BCUT2D eigenvalue weighted by Gasteiger charge is 2.27. The second-order valence-electron chi connectivity index (χ2n) is 4.04. The Morgan fingerprint density at radius 2 is 2.20 bits per heavy atom. The van der Waals surface area contributed by atoms with Crippen molar-refractivity contribution < 1.29 is 5.21 Å². The zero-order valence-corrected chi connectivity index (χ0v) is 13.1. The Kier molecular flexibility index (Phi) is 6.39. The summed E-state index contributed by atoms with van der Waals surface area (Å²) in [5.74, 6) is 0. The summed E-state index contributed by atoms with van der Waals surface area (Å²) in [5, 5.41) is 18.2. The van der Waals surface area contributed by atoms with Crippen LogP contribution in [-0.2, 0) is 6.42 Å². The highest BCUT2D eigenvalue weighted by atomic mass is 35.5. The van der Waals surface area contributed by atoms with E-state index in [0.29, 0.717) is 12.4 Å². The minimum Gasteiger partial charge on any atom is -0.411 e. The molecule has 8 heteroatoms. The van der Waals surface area contributed by atoms with E-state index in [-0.39, 0.29) is 12.4 Å². The van der Waals surface area contributed by atoms with E-state index in [1.54, 1.807) is 0 Å². The van der Waals surface area contributed by atoms with Crippen LogP contribution in [0.3, 0.4) is 0 Å². The summed E-state index contributed by atoms with van der Waals surface area (Å²) in [7, 11) is 0. The fourth-order valence-corrected chi connectivity index (χ4v) is 2.34. The molecule has 0 fully saturated rings. The number of halogens is 3. The molecule has 5 nitrogen and oxygen atoms in total. The third-order valence-corrected chi connectivity index (χ3v) is 3.50. The second kappa shape index (κ2) is 7.57. The van der Waals surface area contributed by atoms with Gasteiger partial charge in [-0.25, -0.2) is 0 Å². The van der Waals surface area contributed by atoms with Crippen molar-refractivity contribution in [2.24, 2.45) is 10.3 Å². The lowest BCUT2D eigenvalue weighted by Gasteiger charge is -2.22. The number of aryl methyl sites for hydroxylation is 1. The van der Waals surface area contributed by atoms with Crippen LogP contribution in [0.5, 0.6) is 0 Å². The van der Waals surface area contributed by atoms with Crippen LogP contribution < -0.4 is 0 Å². The number of hydrazone groups is 1. The van der Waals surface area contributed by atoms with Crippen LogP contribution in [-0.4, -0.2) is 38.9 Å². The maximum Gasteiger partial charge on any atom is 0.168 e. The molecular weight excluding hydrogens is 323 g/mol. The Labute approximate surface area is 134 Å². The minimum absolute atomic E-state index is 0. The molecule has 0 radical (unpaired) electrons. The molecule has 0 bridgehead atoms. The first kappa shape index (κ1) is 16.9. The standard InChI is InChI=1S/C12H14Cl2N4O.ClH/c1-2-9-5-3-4-6-10(9)11(16-19)12(13)18-8-17(14)7-15-18;/h3-7,12,19H,2,8H2,1H3;1H. The Hall–Kier alpha value is -1.17. The van der Waals surface area contributed by atoms with Gasteiger partial charge in [-0.15, -0.1) is 12.4 Å². The quantitative estimate of drug-likeness (QED) is 0.229. The summed E-state index contributed by atoms with van der Waals surface area (Å²) < 4.78 is 1.37. The molecule has 1 unspecified atom stereocenters. The number of oxime groups is 1. The van der Waals surface area contributed by atoms with E-state index in [0.717, 1.165) is 17.5 Å². The monoisotopic (exact) mass is 336 g/mol. The lowest BCUT2D eigenvalue weighted by atomic mass is 10.0. The van der Waals surface area contributed by atoms with Crippen molar-refractivity contribution in [3.05, 3.63) is 35.4 Å². The molecule has 1 N–H and O–H groups in total. The molecule has 0 aromatic heterocycles. The molecule has 0 saturated carbocycles. The third kappa shape index (κ3) is 3.48. The van der Waals surface area contributed by atoms with Crippen molar-refractivity contribution >= 4 is 47.8 Å². The molecule has 1 aliphatic rings. The topological polar surface area (TPSA) is 51.4 Å². The first-order valence-corrected chi connectivity index (χ1v) is 6.62. The summed E-state index contributed by atoms with van der Waals surface area (Å²) >= 11 is 12.1. The van der Waals surface area contributed by atoms with Crippen LogP contribution in [0.15, 0.2) is 34.5 Å². The van der Waals surface area contributed by atoms with Crippen molar-refractivity contribution in [3.63, 3.8) is 0 Å². The molecule has 1 aromatic carbocycles. The summed E-state index contributed by atoms with van der Waals surface area (Å²) in [4.78, 5) is 0. The van der Waals surface area contributed by atoms with E-state index >= 15 is 0 Å². The van der Waals surface area contributed by atoms with E-state index in [1.807, 2.05) is 31.2 Å². The molecule has 1 aliphatic heterocycles. The van der Waals surface area contributed by atoms with Gasteiger partial charge in [-0.1, -0.05) is 47.9 Å². The number of alkyl halides is 1. The zero-order valence-electron chi connectivity index (χ0n) is 10.8. The third-order valence-electron chi connectivity index (χ3n) is 2.87. The molecule has 110 valence electrons. The smallest absolute Gasteiger partial charge is 0.168 e. The van der Waals surface area contributed by atoms with Crippen molar-refractivity contribution in [2.45, 2.75) is 18.8 Å². The molecule has 20 heavy (non-hydrogen) atoms. The molecule has 1 aromatic rings. The van der Waals surface area contributed by atoms with Gasteiger partial charge in [0.25, 0.3) is 0 Å². The molecule has 0 spiro atoms. The average Bonchev–Trinajstić information content (AvgIpc) is 2.86. The van der Waals surface area contributed by atoms with Gasteiger partial charge in [-0.2, -0.15) is 5.10 Å². The first-order valence-electron chi connectivity index (χ1n) is 5.84. The SMILES string of the molecule is CCc1ccccc1C(=NO)C(Cl)N1CN(Cl)C=N1.Cl. The van der Waals surface area contributed by atoms with Gasteiger partial charge in [0.05, 0.1) is 0 Å². The van der Waals surface area contributed by atoms with Crippen molar-refractivity contribution in [2.75, 3.05) is 6.67 Å². The Balaban J connectivity index is 0.00000200. The van der Waals surface area contributed by atoms with Crippen LogP contribution >= 0.6 is 35.8 Å². The normalized spacial score (nSPS) is 16.2. The predicted molar refractivity (Wildman–Crippen MR) is 83.9 cm³/mol. The Morgan fingerprint density at radius 3 is 2.75 bits per heavy atom. The summed E-state index contributed by atoms with van der Waals surface area (Å²) in [6.07, 6.45) is 2.28. The molecule has 0 aliphatic carbocycles. The fourth-order valence-electron chi connectivity index (χ4n) is 1.91. The fraction of sp³-hybridized carbons (Fsp3) is 0.333. The maximum atomic E-state index is 9.27. The molecular formula is C12H15Cl3N4O. The largest absolute Gasteiger partial charge is 0.411 e. The Bertz CT molecular complexity index is 509. The summed E-state index contributed by atoms with van der Waals surface area (Å²) in [5.41, 5.74) is 1.56.